The summed E-state index contributed by atoms with van der Waals surface area (Å²) < 4.78 is 0. The van der Waals surface area contributed by atoms with Gasteiger partial charge in [-0.15, -0.1) is 0 Å². The smallest absolute Gasteiger partial charge is 0.303 e. The predicted octanol–water partition coefficient (Wildman–Crippen LogP) is -2.31. The SMILES string of the molecule is O=C(O)CCCC(=O)O.O=C1CCC(=O)N1.OCC(CO)(CO)CO. The van der Waals surface area contributed by atoms with Gasteiger partial charge in [0.05, 0.1) is 31.8 Å². The Morgan fingerprint density at radius 3 is 1.24 bits per heavy atom. The highest BCUT2D eigenvalue weighted by Crippen LogP contribution is 2.11. The number of hydrogen-bond donors (Lipinski definition) is 7. The Kier molecular flexibility index (Phi) is 14.4. The summed E-state index contributed by atoms with van der Waals surface area (Å²) in [5.74, 6) is -2.19. The zero-order valence-corrected chi connectivity index (χ0v) is 13.7. The minimum absolute atomic E-state index is 0.0632. The predicted molar refractivity (Wildman–Crippen MR) is 82.3 cm³/mol. The molecule has 0 saturated carbocycles. The Morgan fingerprint density at radius 1 is 0.800 bits per heavy atom. The van der Waals surface area contributed by atoms with E-state index in [0.717, 1.165) is 0 Å². The number of carbonyl (C=O) groups is 4. The zero-order valence-electron chi connectivity index (χ0n) is 13.7. The molecule has 1 fully saturated rings. The van der Waals surface area contributed by atoms with Gasteiger partial charge >= 0.3 is 11.9 Å². The average Bonchev–Trinajstić information content (AvgIpc) is 2.94. The minimum Gasteiger partial charge on any atom is -0.481 e. The molecule has 1 aliphatic rings. The van der Waals surface area contributed by atoms with Crippen LogP contribution in [-0.2, 0) is 19.2 Å². The lowest BCUT2D eigenvalue weighted by molar-refractivity contribution is -0.138. The van der Waals surface area contributed by atoms with Gasteiger partial charge in [-0.2, -0.15) is 0 Å². The summed E-state index contributed by atoms with van der Waals surface area (Å²) in [5.41, 5.74) is -1.11. The Hall–Kier alpha value is -2.08. The second-order valence-electron chi connectivity index (χ2n) is 5.24. The second kappa shape index (κ2) is 14.3. The van der Waals surface area contributed by atoms with Crippen LogP contribution in [0.3, 0.4) is 0 Å². The van der Waals surface area contributed by atoms with Crippen molar-refractivity contribution in [1.82, 2.24) is 5.32 Å². The molecule has 2 amide bonds. The summed E-state index contributed by atoms with van der Waals surface area (Å²) in [6.45, 7) is -1.62. The van der Waals surface area contributed by atoms with Gasteiger partial charge in [-0.1, -0.05) is 0 Å². The molecular weight excluding hydrogens is 342 g/mol. The fraction of sp³-hybridized carbons (Fsp3) is 0.714. The average molecular weight is 367 g/mol. The molecule has 11 nitrogen and oxygen atoms in total. The molecule has 0 aliphatic carbocycles. The number of rotatable bonds is 8. The molecule has 0 radical (unpaired) electrons. The van der Waals surface area contributed by atoms with Gasteiger partial charge in [0.2, 0.25) is 11.8 Å². The summed E-state index contributed by atoms with van der Waals surface area (Å²) in [4.78, 5) is 39.8. The molecule has 0 aromatic rings. The van der Waals surface area contributed by atoms with Crippen molar-refractivity contribution >= 4 is 23.8 Å². The zero-order chi connectivity index (χ0) is 19.9. The summed E-state index contributed by atoms with van der Waals surface area (Å²) >= 11 is 0. The standard InChI is InChI=1S/C5H12O4.C5H8O4.C4H5NO2/c6-1-5(2-7,3-8)4-9;6-4(7)2-1-3-5(8)9;6-3-1-2-4(7)5-3/h6-9H,1-4H2;1-3H2,(H,6,7)(H,8,9);1-2H2,(H,5,6,7). The number of carboxylic acids is 2. The van der Waals surface area contributed by atoms with Crippen LogP contribution in [0.2, 0.25) is 0 Å². The maximum absolute atomic E-state index is 10.1. The van der Waals surface area contributed by atoms with Gasteiger partial charge in [-0.25, -0.2) is 0 Å². The lowest BCUT2D eigenvalue weighted by atomic mass is 9.93. The number of hydrogen-bond acceptors (Lipinski definition) is 8. The topological polar surface area (TPSA) is 202 Å². The molecule has 7 N–H and O–H groups in total. The Labute approximate surface area is 143 Å². The van der Waals surface area contributed by atoms with Crippen LogP contribution in [0.1, 0.15) is 32.1 Å². The molecule has 1 aliphatic heterocycles. The number of aliphatic hydroxyl groups excluding tert-OH is 4. The van der Waals surface area contributed by atoms with Crippen molar-refractivity contribution < 1.29 is 49.8 Å². The molecule has 1 saturated heterocycles. The van der Waals surface area contributed by atoms with Crippen LogP contribution in [0.5, 0.6) is 0 Å². The van der Waals surface area contributed by atoms with Crippen LogP contribution < -0.4 is 5.32 Å². The Bertz CT molecular complexity index is 388. The molecule has 0 aromatic carbocycles. The van der Waals surface area contributed by atoms with Crippen molar-refractivity contribution in [2.45, 2.75) is 32.1 Å². The highest BCUT2D eigenvalue weighted by atomic mass is 16.4. The minimum atomic E-state index is -1.11. The number of carbonyl (C=O) groups excluding carboxylic acids is 2. The van der Waals surface area contributed by atoms with E-state index in [9.17, 15) is 19.2 Å². The normalized spacial score (nSPS) is 13.1. The van der Waals surface area contributed by atoms with Crippen LogP contribution in [0.25, 0.3) is 0 Å². The monoisotopic (exact) mass is 367 g/mol. The molecule has 0 atom stereocenters. The maximum atomic E-state index is 10.1. The number of nitrogens with one attached hydrogen (secondary N) is 1. The first kappa shape index (κ1) is 25.2. The van der Waals surface area contributed by atoms with Gasteiger partial charge in [0.15, 0.2) is 0 Å². The summed E-state index contributed by atoms with van der Waals surface area (Å²) in [5, 5.41) is 52.2. The molecule has 1 heterocycles. The van der Waals surface area contributed by atoms with Crippen LogP contribution in [-0.4, -0.2) is 80.8 Å². The largest absolute Gasteiger partial charge is 0.481 e. The van der Waals surface area contributed by atoms with Gasteiger partial charge < -0.3 is 30.6 Å². The van der Waals surface area contributed by atoms with Crippen molar-refractivity contribution in [2.75, 3.05) is 26.4 Å². The van der Waals surface area contributed by atoms with Crippen molar-refractivity contribution in [2.24, 2.45) is 5.41 Å². The number of amides is 2. The van der Waals surface area contributed by atoms with E-state index in [-0.39, 0.29) is 31.1 Å². The van der Waals surface area contributed by atoms with Crippen molar-refractivity contribution in [1.29, 1.82) is 0 Å². The third-order valence-electron chi connectivity index (χ3n) is 2.98. The molecule has 11 heteroatoms. The lowest BCUT2D eigenvalue weighted by Crippen LogP contribution is -2.37. The molecule has 0 bridgehead atoms. The first-order chi connectivity index (χ1) is 11.7. The van der Waals surface area contributed by atoms with Gasteiger partial charge in [0.25, 0.3) is 0 Å². The van der Waals surface area contributed by atoms with E-state index in [1.54, 1.807) is 0 Å². The molecule has 25 heavy (non-hydrogen) atoms. The van der Waals surface area contributed by atoms with Crippen LogP contribution in [0.4, 0.5) is 0 Å². The molecule has 0 spiro atoms. The maximum Gasteiger partial charge on any atom is 0.303 e. The van der Waals surface area contributed by atoms with E-state index in [4.69, 9.17) is 30.6 Å². The van der Waals surface area contributed by atoms with E-state index in [1.807, 2.05) is 0 Å². The summed E-state index contributed by atoms with van der Waals surface area (Å²) in [7, 11) is 0. The Morgan fingerprint density at radius 2 is 1.12 bits per heavy atom. The van der Waals surface area contributed by atoms with Crippen LogP contribution >= 0.6 is 0 Å². The van der Waals surface area contributed by atoms with E-state index < -0.39 is 43.8 Å². The van der Waals surface area contributed by atoms with Crippen LogP contribution in [0.15, 0.2) is 0 Å². The summed E-state index contributed by atoms with van der Waals surface area (Å²) in [6, 6.07) is 0. The highest BCUT2D eigenvalue weighted by molar-refractivity contribution is 6.01. The van der Waals surface area contributed by atoms with Crippen molar-refractivity contribution in [3.05, 3.63) is 0 Å². The van der Waals surface area contributed by atoms with Gasteiger partial charge in [0.1, 0.15) is 0 Å². The van der Waals surface area contributed by atoms with Gasteiger partial charge in [-0.05, 0) is 6.42 Å². The van der Waals surface area contributed by atoms with E-state index in [0.29, 0.717) is 12.8 Å². The first-order valence-electron chi connectivity index (χ1n) is 7.36. The fourth-order valence-electron chi connectivity index (χ4n) is 1.20. The molecule has 146 valence electrons. The first-order valence-corrected chi connectivity index (χ1v) is 7.36. The number of aliphatic carboxylic acids is 2. The lowest BCUT2D eigenvalue weighted by Gasteiger charge is -2.23. The Balaban J connectivity index is 0. The molecule has 1 rings (SSSR count). The third-order valence-corrected chi connectivity index (χ3v) is 2.98. The molecule has 0 aromatic heterocycles. The van der Waals surface area contributed by atoms with Crippen molar-refractivity contribution in [3.8, 4) is 0 Å². The molecular formula is C14H25NO10. The number of imide groups is 1. The van der Waals surface area contributed by atoms with Crippen LogP contribution in [0, 0.1) is 5.41 Å². The third kappa shape index (κ3) is 14.0. The van der Waals surface area contributed by atoms with E-state index in [2.05, 4.69) is 5.32 Å². The van der Waals surface area contributed by atoms with E-state index >= 15 is 0 Å². The number of carboxylic acid groups (broad SMARTS) is 2. The summed E-state index contributed by atoms with van der Waals surface area (Å²) in [6.07, 6.45) is 0.834. The fourth-order valence-corrected chi connectivity index (χ4v) is 1.20. The van der Waals surface area contributed by atoms with Gasteiger partial charge in [-0.3, -0.25) is 24.5 Å². The van der Waals surface area contributed by atoms with Gasteiger partial charge in [0, 0.05) is 25.7 Å². The molecule has 0 unspecified atom stereocenters. The number of aliphatic hydroxyl groups is 4. The highest BCUT2D eigenvalue weighted by Gasteiger charge is 2.26. The quantitative estimate of drug-likeness (QED) is 0.228. The van der Waals surface area contributed by atoms with E-state index in [1.165, 1.54) is 0 Å². The second-order valence-corrected chi connectivity index (χ2v) is 5.24. The van der Waals surface area contributed by atoms with Crippen molar-refractivity contribution in [3.63, 3.8) is 0 Å².